The monoisotopic (exact) mass is 500 g/mol. The lowest BCUT2D eigenvalue weighted by Crippen LogP contribution is -2.70. The molecule has 2 unspecified atom stereocenters. The number of thioether (sulfide) groups is 1. The highest BCUT2D eigenvalue weighted by Gasteiger charge is 2.64. The van der Waals surface area contributed by atoms with Crippen LogP contribution in [0.25, 0.3) is 0 Å². The Morgan fingerprint density at radius 2 is 1.63 bits per heavy atom. The number of esters is 1. The van der Waals surface area contributed by atoms with Crippen LogP contribution in [0.5, 0.6) is 17.2 Å². The van der Waals surface area contributed by atoms with Gasteiger partial charge in [-0.25, -0.2) is 4.79 Å². The van der Waals surface area contributed by atoms with Gasteiger partial charge in [0.15, 0.2) is 0 Å². The van der Waals surface area contributed by atoms with Crippen molar-refractivity contribution < 1.29 is 33.3 Å². The summed E-state index contributed by atoms with van der Waals surface area (Å²) < 4.78 is 20.7. The predicted molar refractivity (Wildman–Crippen MR) is 130 cm³/mol. The molecule has 10 heteroatoms. The van der Waals surface area contributed by atoms with Gasteiger partial charge in [-0.3, -0.25) is 9.59 Å². The molecular formula is C25H28N2O7S. The van der Waals surface area contributed by atoms with Gasteiger partial charge in [-0.05, 0) is 43.7 Å². The Balaban J connectivity index is 1.45. The first-order valence-corrected chi connectivity index (χ1v) is 11.9. The Bertz CT molecular complexity index is 1110. The Morgan fingerprint density at radius 1 is 1.00 bits per heavy atom. The molecule has 2 saturated heterocycles. The number of hydrogen-bond donors (Lipinski definition) is 1. The van der Waals surface area contributed by atoms with Gasteiger partial charge in [0.1, 0.15) is 46.9 Å². The van der Waals surface area contributed by atoms with Crippen molar-refractivity contribution in [2.24, 2.45) is 0 Å². The maximum atomic E-state index is 13.1. The van der Waals surface area contributed by atoms with E-state index in [9.17, 15) is 14.4 Å². The van der Waals surface area contributed by atoms with Crippen molar-refractivity contribution in [1.82, 2.24) is 10.2 Å². The summed E-state index contributed by atoms with van der Waals surface area (Å²) in [5, 5.41) is 2.41. The largest absolute Gasteiger partial charge is 0.497 e. The van der Waals surface area contributed by atoms with Gasteiger partial charge in [-0.15, -0.1) is 11.8 Å². The fraction of sp³-hybridized carbons (Fsp3) is 0.400. The topological polar surface area (TPSA) is 103 Å². The van der Waals surface area contributed by atoms with Gasteiger partial charge in [0.05, 0.1) is 21.3 Å². The summed E-state index contributed by atoms with van der Waals surface area (Å²) in [7, 11) is 4.50. The number of carbonyl (C=O) groups is 3. The third-order valence-electron chi connectivity index (χ3n) is 6.15. The van der Waals surface area contributed by atoms with Gasteiger partial charge in [-0.1, -0.05) is 18.2 Å². The highest BCUT2D eigenvalue weighted by Crippen LogP contribution is 2.51. The number of nitrogens with one attached hydrogen (secondary N) is 1. The quantitative estimate of drug-likeness (QED) is 0.436. The fourth-order valence-corrected chi connectivity index (χ4v) is 5.99. The molecule has 9 nitrogen and oxygen atoms in total. The van der Waals surface area contributed by atoms with Crippen molar-refractivity contribution in [1.29, 1.82) is 0 Å². The van der Waals surface area contributed by atoms with Crippen LogP contribution in [0.1, 0.15) is 29.8 Å². The van der Waals surface area contributed by atoms with Crippen molar-refractivity contribution >= 4 is 29.5 Å². The zero-order valence-corrected chi connectivity index (χ0v) is 21.0. The molecule has 0 aliphatic carbocycles. The summed E-state index contributed by atoms with van der Waals surface area (Å²) in [5.41, 5.74) is 1.02. The average Bonchev–Trinajstić information content (AvgIpc) is 3.12. The Labute approximate surface area is 208 Å². The van der Waals surface area contributed by atoms with Crippen LogP contribution in [0.15, 0.2) is 42.5 Å². The van der Waals surface area contributed by atoms with E-state index >= 15 is 0 Å². The van der Waals surface area contributed by atoms with Crippen LogP contribution in [0, 0.1) is 0 Å². The van der Waals surface area contributed by atoms with Gasteiger partial charge >= 0.3 is 5.97 Å². The normalized spacial score (nSPS) is 22.0. The van der Waals surface area contributed by atoms with E-state index in [1.807, 2.05) is 26.0 Å². The molecule has 0 bridgehead atoms. The van der Waals surface area contributed by atoms with Crippen molar-refractivity contribution in [3.05, 3.63) is 53.6 Å². The lowest BCUT2D eigenvalue weighted by molar-refractivity contribution is -0.164. The first-order valence-electron chi connectivity index (χ1n) is 11.0. The van der Waals surface area contributed by atoms with Crippen molar-refractivity contribution in [3.63, 3.8) is 0 Å². The fourth-order valence-electron chi connectivity index (χ4n) is 4.37. The highest BCUT2D eigenvalue weighted by atomic mass is 32.2. The number of hydrogen-bond acceptors (Lipinski definition) is 8. The van der Waals surface area contributed by atoms with Gasteiger partial charge < -0.3 is 29.2 Å². The molecule has 2 aromatic carbocycles. The molecule has 0 spiro atoms. The molecule has 35 heavy (non-hydrogen) atoms. The average molecular weight is 501 g/mol. The van der Waals surface area contributed by atoms with Crippen LogP contribution in [-0.4, -0.2) is 66.2 Å². The molecule has 0 saturated carbocycles. The molecular weight excluding hydrogens is 472 g/mol. The molecule has 2 aromatic rings. The first kappa shape index (κ1) is 24.7. The van der Waals surface area contributed by atoms with Crippen LogP contribution in [-0.2, 0) is 20.9 Å². The summed E-state index contributed by atoms with van der Waals surface area (Å²) >= 11 is 1.46. The van der Waals surface area contributed by atoms with E-state index in [1.165, 1.54) is 30.9 Å². The minimum Gasteiger partial charge on any atom is -0.497 e. The van der Waals surface area contributed by atoms with E-state index in [0.29, 0.717) is 17.2 Å². The minimum atomic E-state index is -0.777. The molecule has 1 N–H and O–H groups in total. The molecule has 186 valence electrons. The Kier molecular flexibility index (Phi) is 6.84. The molecule has 2 aliphatic rings. The van der Waals surface area contributed by atoms with E-state index in [2.05, 4.69) is 5.32 Å². The lowest BCUT2D eigenvalue weighted by atomic mass is 9.95. The summed E-state index contributed by atoms with van der Waals surface area (Å²) in [5.74, 6) is 0.0873. The number of methoxy groups -OCH3 is 3. The molecule has 2 aliphatic heterocycles. The zero-order valence-electron chi connectivity index (χ0n) is 20.2. The van der Waals surface area contributed by atoms with Crippen LogP contribution in [0.2, 0.25) is 0 Å². The third-order valence-corrected chi connectivity index (χ3v) is 7.72. The predicted octanol–water partition coefficient (Wildman–Crippen LogP) is 2.62. The summed E-state index contributed by atoms with van der Waals surface area (Å²) in [6.45, 7) is 3.87. The SMILES string of the molecule is COc1ccc(COC(=O)C2N3C(=O)C(NC(=O)c4c(OC)cccc4OC)[C@@H]3SC2(C)C)cc1. The maximum absolute atomic E-state index is 13.1. The van der Waals surface area contributed by atoms with Crippen LogP contribution >= 0.6 is 11.8 Å². The second kappa shape index (κ2) is 9.69. The summed E-state index contributed by atoms with van der Waals surface area (Å²) in [6.07, 6.45) is 0. The molecule has 0 radical (unpaired) electrons. The molecule has 3 atom stereocenters. The molecule has 2 heterocycles. The number of β-lactam (4-membered cyclic amide) rings is 1. The summed E-state index contributed by atoms with van der Waals surface area (Å²) in [6, 6.07) is 10.7. The highest BCUT2D eigenvalue weighted by molar-refractivity contribution is 8.01. The van der Waals surface area contributed by atoms with E-state index in [4.69, 9.17) is 18.9 Å². The molecule has 2 amide bonds. The van der Waals surface area contributed by atoms with Gasteiger partial charge in [0.2, 0.25) is 5.91 Å². The number of carbonyl (C=O) groups excluding carboxylic acids is 3. The number of rotatable bonds is 8. The maximum Gasteiger partial charge on any atom is 0.330 e. The second-order valence-corrected chi connectivity index (χ2v) is 10.5. The van der Waals surface area contributed by atoms with Crippen molar-refractivity contribution in [2.75, 3.05) is 21.3 Å². The van der Waals surface area contributed by atoms with Gasteiger partial charge in [0, 0.05) is 4.75 Å². The minimum absolute atomic E-state index is 0.0839. The Morgan fingerprint density at radius 3 is 2.20 bits per heavy atom. The number of ether oxygens (including phenoxy) is 4. The smallest absolute Gasteiger partial charge is 0.330 e. The second-order valence-electron chi connectivity index (χ2n) is 8.70. The van der Waals surface area contributed by atoms with E-state index in [1.54, 1.807) is 37.4 Å². The number of benzene rings is 2. The zero-order chi connectivity index (χ0) is 25.3. The Hall–Kier alpha value is -3.40. The lowest BCUT2D eigenvalue weighted by Gasteiger charge is -2.44. The van der Waals surface area contributed by atoms with Gasteiger partial charge in [0.25, 0.3) is 5.91 Å². The van der Waals surface area contributed by atoms with E-state index < -0.39 is 28.7 Å². The molecule has 2 fully saturated rings. The van der Waals surface area contributed by atoms with Crippen molar-refractivity contribution in [3.8, 4) is 17.2 Å². The molecule has 4 rings (SSSR count). The van der Waals surface area contributed by atoms with Crippen molar-refractivity contribution in [2.45, 2.75) is 42.7 Å². The van der Waals surface area contributed by atoms with Crippen LogP contribution in [0.3, 0.4) is 0 Å². The third kappa shape index (κ3) is 4.50. The summed E-state index contributed by atoms with van der Waals surface area (Å²) in [4.78, 5) is 40.7. The number of fused-ring (bicyclic) bond motifs is 1. The van der Waals surface area contributed by atoms with E-state index in [0.717, 1.165) is 5.56 Å². The number of amides is 2. The van der Waals surface area contributed by atoms with Crippen LogP contribution in [0.4, 0.5) is 0 Å². The molecule has 0 aromatic heterocycles. The van der Waals surface area contributed by atoms with E-state index in [-0.39, 0.29) is 23.5 Å². The number of nitrogens with zero attached hydrogens (tertiary/aromatic N) is 1. The van der Waals surface area contributed by atoms with Gasteiger partial charge in [-0.2, -0.15) is 0 Å². The standard InChI is InChI=1S/C25H28N2O7S/c1-25(2)20(24(30)34-13-14-9-11-15(31-3)12-10-14)27-22(29)19(23(27)35-25)26-21(28)18-16(32-4)7-6-8-17(18)33-5/h6-12,19-20,23H,13H2,1-5H3,(H,26,28)/t19?,20?,23-/m0/s1. The van der Waals surface area contributed by atoms with Crippen LogP contribution < -0.4 is 19.5 Å². The first-order chi connectivity index (χ1) is 16.7.